The lowest BCUT2D eigenvalue weighted by molar-refractivity contribution is 0.0841. The molecule has 4 rings (SSSR count). The van der Waals surface area contributed by atoms with E-state index in [9.17, 15) is 0 Å². The van der Waals surface area contributed by atoms with Crippen LogP contribution >= 0.6 is 23.4 Å². The molecule has 6 heteroatoms. The molecular weight excluding hydrogens is 416 g/mol. The van der Waals surface area contributed by atoms with Crippen molar-refractivity contribution in [3.05, 3.63) is 77.3 Å². The molecule has 0 bridgehead atoms. The Kier molecular flexibility index (Phi) is 7.84. The Labute approximate surface area is 188 Å². The third-order valence-corrected chi connectivity index (χ3v) is 7.15. The van der Waals surface area contributed by atoms with Gasteiger partial charge >= 0.3 is 0 Å². The summed E-state index contributed by atoms with van der Waals surface area (Å²) in [5, 5.41) is 0.858. The molecule has 1 aromatic carbocycles. The molecule has 1 aromatic rings. The van der Waals surface area contributed by atoms with Crippen LogP contribution in [-0.4, -0.2) is 48.3 Å². The lowest BCUT2D eigenvalue weighted by Gasteiger charge is -2.36. The fraction of sp³-hybridized carbons (Fsp3) is 0.417. The smallest absolute Gasteiger partial charge is 0.231 e. The number of allylic oxidation sites excluding steroid dienone is 4. The van der Waals surface area contributed by atoms with Crippen LogP contribution in [0.15, 0.2) is 77.1 Å². The Morgan fingerprint density at radius 2 is 1.87 bits per heavy atom. The van der Waals surface area contributed by atoms with Crippen LogP contribution in [0, 0.1) is 0 Å². The molecule has 160 valence electrons. The predicted octanol–water partition coefficient (Wildman–Crippen LogP) is 5.79. The summed E-state index contributed by atoms with van der Waals surface area (Å²) in [6.07, 6.45) is 14.4. The van der Waals surface area contributed by atoms with Gasteiger partial charge in [-0.3, -0.25) is 4.90 Å². The number of nitrogens with zero attached hydrogens (tertiary/aromatic N) is 2. The minimum atomic E-state index is 0.821. The predicted molar refractivity (Wildman–Crippen MR) is 124 cm³/mol. The summed E-state index contributed by atoms with van der Waals surface area (Å²) in [5.74, 6) is 2.76. The fourth-order valence-electron chi connectivity index (χ4n) is 3.76. The molecule has 4 nitrogen and oxygen atoms in total. The molecule has 0 spiro atoms. The second-order valence-corrected chi connectivity index (χ2v) is 9.19. The molecule has 2 heterocycles. The fourth-order valence-corrected chi connectivity index (χ4v) is 5.01. The van der Waals surface area contributed by atoms with Gasteiger partial charge in [0.15, 0.2) is 12.0 Å². The van der Waals surface area contributed by atoms with Gasteiger partial charge in [0.25, 0.3) is 0 Å². The van der Waals surface area contributed by atoms with Crippen molar-refractivity contribution in [2.45, 2.75) is 30.6 Å². The van der Waals surface area contributed by atoms with Crippen molar-refractivity contribution in [2.24, 2.45) is 0 Å². The van der Waals surface area contributed by atoms with Crippen molar-refractivity contribution in [3.63, 3.8) is 0 Å². The summed E-state index contributed by atoms with van der Waals surface area (Å²) in [7, 11) is 0. The molecule has 2 aliphatic heterocycles. The van der Waals surface area contributed by atoms with Crippen molar-refractivity contribution in [1.82, 2.24) is 9.80 Å². The Morgan fingerprint density at radius 1 is 1.00 bits per heavy atom. The van der Waals surface area contributed by atoms with Gasteiger partial charge in [-0.1, -0.05) is 42.0 Å². The van der Waals surface area contributed by atoms with Crippen LogP contribution in [0.5, 0.6) is 0 Å². The molecule has 0 unspecified atom stereocenters. The maximum absolute atomic E-state index is 6.22. The molecular formula is C24H29ClN2O2S. The SMILES string of the molecule is Clc1ccccc1SCCCCN1CCN(C2=COC(C3=CC=CCC3)=CO2)CC1. The number of unbranched alkanes of at least 4 members (excludes halogenated alkanes) is 1. The molecule has 1 fully saturated rings. The minimum Gasteiger partial charge on any atom is -0.456 e. The van der Waals surface area contributed by atoms with E-state index in [1.54, 1.807) is 12.5 Å². The van der Waals surface area contributed by atoms with Gasteiger partial charge in [-0.25, -0.2) is 0 Å². The van der Waals surface area contributed by atoms with Crippen molar-refractivity contribution in [3.8, 4) is 0 Å². The highest BCUT2D eigenvalue weighted by Gasteiger charge is 2.22. The lowest BCUT2D eigenvalue weighted by Crippen LogP contribution is -2.46. The first-order chi connectivity index (χ1) is 14.8. The van der Waals surface area contributed by atoms with Crippen molar-refractivity contribution in [1.29, 1.82) is 0 Å². The van der Waals surface area contributed by atoms with E-state index in [-0.39, 0.29) is 0 Å². The molecule has 0 aromatic heterocycles. The van der Waals surface area contributed by atoms with Gasteiger partial charge < -0.3 is 14.4 Å². The molecule has 0 atom stereocenters. The van der Waals surface area contributed by atoms with Crippen LogP contribution in [0.1, 0.15) is 25.7 Å². The van der Waals surface area contributed by atoms with Crippen molar-refractivity contribution in [2.75, 3.05) is 38.5 Å². The summed E-state index contributed by atoms with van der Waals surface area (Å²) >= 11 is 8.07. The summed E-state index contributed by atoms with van der Waals surface area (Å²) < 4.78 is 11.7. The van der Waals surface area contributed by atoms with Crippen LogP contribution in [0.4, 0.5) is 0 Å². The Bertz CT molecular complexity index is 841. The third-order valence-electron chi connectivity index (χ3n) is 5.55. The largest absolute Gasteiger partial charge is 0.456 e. The van der Waals surface area contributed by atoms with Crippen LogP contribution in [0.3, 0.4) is 0 Å². The van der Waals surface area contributed by atoms with Crippen molar-refractivity contribution >= 4 is 23.4 Å². The first-order valence-corrected chi connectivity index (χ1v) is 12.1. The van der Waals surface area contributed by atoms with Gasteiger partial charge in [0.1, 0.15) is 6.26 Å². The number of hydrogen-bond donors (Lipinski definition) is 0. The molecule has 0 radical (unpaired) electrons. The molecule has 0 saturated carbocycles. The second-order valence-electron chi connectivity index (χ2n) is 7.65. The number of benzene rings is 1. The van der Waals surface area contributed by atoms with Crippen LogP contribution in [0.2, 0.25) is 5.02 Å². The van der Waals surface area contributed by atoms with E-state index in [0.29, 0.717) is 0 Å². The maximum Gasteiger partial charge on any atom is 0.231 e. The summed E-state index contributed by atoms with van der Waals surface area (Å²) in [4.78, 5) is 6.00. The minimum absolute atomic E-state index is 0.821. The number of rotatable bonds is 8. The van der Waals surface area contributed by atoms with Gasteiger partial charge in [0.05, 0.1) is 5.02 Å². The van der Waals surface area contributed by atoms with Gasteiger partial charge in [-0.05, 0) is 55.7 Å². The highest BCUT2D eigenvalue weighted by atomic mass is 35.5. The van der Waals surface area contributed by atoms with Crippen LogP contribution < -0.4 is 0 Å². The van der Waals surface area contributed by atoms with E-state index >= 15 is 0 Å². The van der Waals surface area contributed by atoms with E-state index in [1.165, 1.54) is 23.3 Å². The van der Waals surface area contributed by atoms with Gasteiger partial charge in [0.2, 0.25) is 5.88 Å². The zero-order valence-electron chi connectivity index (χ0n) is 17.3. The molecule has 0 amide bonds. The number of thioether (sulfide) groups is 1. The molecule has 1 aliphatic carbocycles. The van der Waals surface area contributed by atoms with Gasteiger partial charge in [0, 0.05) is 31.1 Å². The van der Waals surface area contributed by atoms with E-state index in [4.69, 9.17) is 21.1 Å². The molecule has 0 N–H and O–H groups in total. The van der Waals surface area contributed by atoms with Crippen molar-refractivity contribution < 1.29 is 9.47 Å². The Balaban J connectivity index is 1.12. The normalized spacial score (nSPS) is 19.5. The summed E-state index contributed by atoms with van der Waals surface area (Å²) in [6.45, 7) is 5.21. The second kappa shape index (κ2) is 11.0. The third kappa shape index (κ3) is 5.87. The lowest BCUT2D eigenvalue weighted by atomic mass is 10.0. The average molecular weight is 445 g/mol. The van der Waals surface area contributed by atoms with Gasteiger partial charge in [-0.2, -0.15) is 0 Å². The highest BCUT2D eigenvalue weighted by molar-refractivity contribution is 7.99. The zero-order chi connectivity index (χ0) is 20.6. The number of hydrogen-bond acceptors (Lipinski definition) is 5. The first kappa shape index (κ1) is 21.4. The quantitative estimate of drug-likeness (QED) is 0.373. The van der Waals surface area contributed by atoms with E-state index < -0.39 is 0 Å². The number of piperazine rings is 1. The standard InChI is InChI=1S/C24H29ClN2O2S/c25-21-10-4-5-11-23(21)30-17-7-6-12-26-13-15-27(16-14-26)24-19-28-22(18-29-24)20-8-2-1-3-9-20/h1-2,4-5,8,10-11,18-19H,3,6-7,9,12-17H2. The molecule has 3 aliphatic rings. The molecule has 1 saturated heterocycles. The average Bonchev–Trinajstić information content (AvgIpc) is 2.81. The van der Waals surface area contributed by atoms with Gasteiger partial charge in [-0.15, -0.1) is 11.8 Å². The molecule has 30 heavy (non-hydrogen) atoms. The summed E-state index contributed by atoms with van der Waals surface area (Å²) in [5.41, 5.74) is 1.20. The van der Waals surface area contributed by atoms with E-state index in [1.807, 2.05) is 30.0 Å². The number of halogens is 1. The maximum atomic E-state index is 6.22. The monoisotopic (exact) mass is 444 g/mol. The Hall–Kier alpha value is -1.82. The van der Waals surface area contributed by atoms with Crippen LogP contribution in [0.25, 0.3) is 0 Å². The summed E-state index contributed by atoms with van der Waals surface area (Å²) in [6, 6.07) is 8.08. The first-order valence-electron chi connectivity index (χ1n) is 10.7. The van der Waals surface area contributed by atoms with E-state index in [2.05, 4.69) is 34.1 Å². The van der Waals surface area contributed by atoms with Crippen LogP contribution in [-0.2, 0) is 9.47 Å². The highest BCUT2D eigenvalue weighted by Crippen LogP contribution is 2.28. The number of ether oxygens (including phenoxy) is 2. The Morgan fingerprint density at radius 3 is 2.60 bits per heavy atom. The zero-order valence-corrected chi connectivity index (χ0v) is 18.8. The topological polar surface area (TPSA) is 24.9 Å². The van der Waals surface area contributed by atoms with E-state index in [0.717, 1.165) is 68.0 Å².